The van der Waals surface area contributed by atoms with E-state index in [1.807, 2.05) is 13.8 Å². The molecule has 1 aromatic carbocycles. The van der Waals surface area contributed by atoms with Crippen LogP contribution in [0.4, 0.5) is 5.69 Å². The van der Waals surface area contributed by atoms with Crippen LogP contribution in [-0.4, -0.2) is 22.4 Å². The molecule has 5 nitrogen and oxygen atoms in total. The average Bonchev–Trinajstić information content (AvgIpc) is 3.00. The fourth-order valence-electron chi connectivity index (χ4n) is 2.05. The van der Waals surface area contributed by atoms with Crippen LogP contribution in [0, 0.1) is 5.92 Å². The number of amides is 1. The highest BCUT2D eigenvalue weighted by atomic mass is 35.5. The molecule has 116 valence electrons. The van der Waals surface area contributed by atoms with Gasteiger partial charge in [0.1, 0.15) is 6.04 Å². The Bertz CT molecular complexity index is 681. The molecule has 1 amide bonds. The van der Waals surface area contributed by atoms with Crippen molar-refractivity contribution in [2.75, 3.05) is 5.73 Å². The zero-order chi connectivity index (χ0) is 16.3. The Morgan fingerprint density at radius 1 is 1.23 bits per heavy atom. The normalized spacial score (nSPS) is 12.2. The van der Waals surface area contributed by atoms with E-state index < -0.39 is 6.04 Å². The number of halogens is 1. The highest BCUT2D eigenvalue weighted by Crippen LogP contribution is 2.20. The van der Waals surface area contributed by atoms with Crippen LogP contribution in [0.25, 0.3) is 0 Å². The van der Waals surface area contributed by atoms with E-state index in [-0.39, 0.29) is 17.7 Å². The topological polar surface area (TPSA) is 77.1 Å². The molecule has 0 spiro atoms. The maximum atomic E-state index is 12.4. The number of hydrogen-bond donors (Lipinski definition) is 2. The zero-order valence-electron chi connectivity index (χ0n) is 12.4. The van der Waals surface area contributed by atoms with Crippen LogP contribution in [0.2, 0.25) is 5.02 Å². The molecule has 0 saturated heterocycles. The van der Waals surface area contributed by atoms with Gasteiger partial charge in [-0.25, -0.2) is 0 Å². The second-order valence-corrected chi connectivity index (χ2v) is 5.77. The summed E-state index contributed by atoms with van der Waals surface area (Å²) in [6.07, 6.45) is 3.31. The Balaban J connectivity index is 2.19. The summed E-state index contributed by atoms with van der Waals surface area (Å²) in [6.45, 7) is 3.75. The van der Waals surface area contributed by atoms with Gasteiger partial charge in [-0.05, 0) is 36.2 Å². The molecule has 1 atom stereocenters. The standard InChI is InChI=1S/C16H18ClN3O2/c1-10(2)14(16(22)20-7-3-4-8-20)19-15(21)11-5-6-13(18)12(17)9-11/h3-10,14H,18H2,1-2H3,(H,19,21). The van der Waals surface area contributed by atoms with E-state index >= 15 is 0 Å². The van der Waals surface area contributed by atoms with Crippen molar-refractivity contribution < 1.29 is 9.59 Å². The van der Waals surface area contributed by atoms with Gasteiger partial charge in [0.05, 0.1) is 10.7 Å². The average molecular weight is 320 g/mol. The highest BCUT2D eigenvalue weighted by molar-refractivity contribution is 6.33. The van der Waals surface area contributed by atoms with Crippen molar-refractivity contribution in [2.45, 2.75) is 19.9 Å². The molecule has 1 heterocycles. The molecule has 1 unspecified atom stereocenters. The van der Waals surface area contributed by atoms with E-state index in [4.69, 9.17) is 17.3 Å². The molecule has 2 aromatic rings. The Morgan fingerprint density at radius 3 is 2.41 bits per heavy atom. The van der Waals surface area contributed by atoms with Gasteiger partial charge in [0, 0.05) is 18.0 Å². The van der Waals surface area contributed by atoms with Gasteiger partial charge in [-0.15, -0.1) is 0 Å². The lowest BCUT2D eigenvalue weighted by Crippen LogP contribution is -2.46. The zero-order valence-corrected chi connectivity index (χ0v) is 13.2. The molecule has 1 aromatic heterocycles. The minimum Gasteiger partial charge on any atom is -0.398 e. The van der Waals surface area contributed by atoms with E-state index in [2.05, 4.69) is 5.32 Å². The van der Waals surface area contributed by atoms with Gasteiger partial charge in [-0.2, -0.15) is 0 Å². The summed E-state index contributed by atoms with van der Waals surface area (Å²) in [7, 11) is 0. The number of aromatic nitrogens is 1. The Labute approximate surface area is 134 Å². The third kappa shape index (κ3) is 3.49. The number of benzene rings is 1. The molecule has 0 aliphatic rings. The molecule has 3 N–H and O–H groups in total. The lowest BCUT2D eigenvalue weighted by molar-refractivity contribution is 0.0775. The second kappa shape index (κ2) is 6.66. The van der Waals surface area contributed by atoms with Crippen molar-refractivity contribution in [1.82, 2.24) is 9.88 Å². The van der Waals surface area contributed by atoms with Crippen molar-refractivity contribution in [2.24, 2.45) is 5.92 Å². The maximum Gasteiger partial charge on any atom is 0.253 e. The number of carbonyl (C=O) groups is 2. The SMILES string of the molecule is CC(C)C(NC(=O)c1ccc(N)c(Cl)c1)C(=O)n1cccc1. The van der Waals surface area contributed by atoms with Gasteiger partial charge >= 0.3 is 0 Å². The first kappa shape index (κ1) is 16.1. The monoisotopic (exact) mass is 319 g/mol. The van der Waals surface area contributed by atoms with Gasteiger partial charge in [0.25, 0.3) is 11.8 Å². The first-order valence-electron chi connectivity index (χ1n) is 6.93. The molecule has 0 fully saturated rings. The van der Waals surface area contributed by atoms with Crippen molar-refractivity contribution >= 4 is 29.1 Å². The molecular formula is C16H18ClN3O2. The molecule has 2 rings (SSSR count). The Kier molecular flexibility index (Phi) is 4.88. The van der Waals surface area contributed by atoms with E-state index in [1.54, 1.807) is 36.7 Å². The molecular weight excluding hydrogens is 302 g/mol. The smallest absolute Gasteiger partial charge is 0.253 e. The predicted octanol–water partition coefficient (Wildman–Crippen LogP) is 2.82. The van der Waals surface area contributed by atoms with E-state index in [0.29, 0.717) is 16.3 Å². The largest absolute Gasteiger partial charge is 0.398 e. The molecule has 0 bridgehead atoms. The van der Waals surface area contributed by atoms with Gasteiger partial charge in [-0.3, -0.25) is 14.2 Å². The number of anilines is 1. The van der Waals surface area contributed by atoms with Crippen LogP contribution in [0.3, 0.4) is 0 Å². The fourth-order valence-corrected chi connectivity index (χ4v) is 2.23. The lowest BCUT2D eigenvalue weighted by atomic mass is 10.0. The van der Waals surface area contributed by atoms with Crippen LogP contribution in [0.1, 0.15) is 29.0 Å². The first-order chi connectivity index (χ1) is 10.4. The number of nitrogen functional groups attached to an aromatic ring is 1. The summed E-state index contributed by atoms with van der Waals surface area (Å²) in [5, 5.41) is 3.07. The molecule has 0 aliphatic heterocycles. The molecule has 0 radical (unpaired) electrons. The molecule has 6 heteroatoms. The van der Waals surface area contributed by atoms with E-state index in [1.165, 1.54) is 10.6 Å². The van der Waals surface area contributed by atoms with Crippen LogP contribution >= 0.6 is 11.6 Å². The van der Waals surface area contributed by atoms with Crippen LogP contribution in [-0.2, 0) is 0 Å². The van der Waals surface area contributed by atoms with Crippen molar-refractivity contribution in [3.8, 4) is 0 Å². The predicted molar refractivity (Wildman–Crippen MR) is 87.0 cm³/mol. The number of hydrogen-bond acceptors (Lipinski definition) is 3. The van der Waals surface area contributed by atoms with Crippen molar-refractivity contribution in [3.05, 3.63) is 53.3 Å². The van der Waals surface area contributed by atoms with Gasteiger partial charge in [-0.1, -0.05) is 25.4 Å². The van der Waals surface area contributed by atoms with Gasteiger partial charge in [0.15, 0.2) is 0 Å². The summed E-state index contributed by atoms with van der Waals surface area (Å²) >= 11 is 5.92. The number of nitrogens with one attached hydrogen (secondary N) is 1. The third-order valence-electron chi connectivity index (χ3n) is 3.34. The summed E-state index contributed by atoms with van der Waals surface area (Å²) in [6, 6.07) is 7.53. The summed E-state index contributed by atoms with van der Waals surface area (Å²) in [5.74, 6) is -0.598. The number of rotatable bonds is 4. The first-order valence-corrected chi connectivity index (χ1v) is 7.31. The van der Waals surface area contributed by atoms with Crippen LogP contribution in [0.5, 0.6) is 0 Å². The van der Waals surface area contributed by atoms with Crippen LogP contribution < -0.4 is 11.1 Å². The fraction of sp³-hybridized carbons (Fsp3) is 0.250. The van der Waals surface area contributed by atoms with Crippen molar-refractivity contribution in [1.29, 1.82) is 0 Å². The lowest BCUT2D eigenvalue weighted by Gasteiger charge is -2.21. The summed E-state index contributed by atoms with van der Waals surface area (Å²) in [5.41, 5.74) is 6.40. The quantitative estimate of drug-likeness (QED) is 0.851. The minimum atomic E-state index is -0.628. The van der Waals surface area contributed by atoms with Gasteiger partial charge in [0.2, 0.25) is 0 Å². The van der Waals surface area contributed by atoms with Crippen molar-refractivity contribution in [3.63, 3.8) is 0 Å². The van der Waals surface area contributed by atoms with E-state index in [9.17, 15) is 9.59 Å². The second-order valence-electron chi connectivity index (χ2n) is 5.36. The summed E-state index contributed by atoms with van der Waals surface area (Å²) in [4.78, 5) is 24.8. The Morgan fingerprint density at radius 2 is 1.86 bits per heavy atom. The summed E-state index contributed by atoms with van der Waals surface area (Å²) < 4.78 is 1.46. The minimum absolute atomic E-state index is 0.0527. The number of nitrogens with zero attached hydrogens (tertiary/aromatic N) is 1. The van der Waals surface area contributed by atoms with Crippen LogP contribution in [0.15, 0.2) is 42.7 Å². The molecule has 22 heavy (non-hydrogen) atoms. The third-order valence-corrected chi connectivity index (χ3v) is 3.67. The van der Waals surface area contributed by atoms with Gasteiger partial charge < -0.3 is 11.1 Å². The maximum absolute atomic E-state index is 12.4. The van der Waals surface area contributed by atoms with E-state index in [0.717, 1.165) is 0 Å². The highest BCUT2D eigenvalue weighted by Gasteiger charge is 2.25. The Hall–Kier alpha value is -2.27. The number of carbonyl (C=O) groups excluding carboxylic acids is 2. The molecule has 0 aliphatic carbocycles. The number of nitrogens with two attached hydrogens (primary N) is 1. The molecule has 0 saturated carbocycles.